The molecule has 2 N–H and O–H groups in total. The molecule has 1 fully saturated rings. The van der Waals surface area contributed by atoms with Gasteiger partial charge in [0, 0.05) is 61.0 Å². The molecule has 2 heterocycles. The average molecular weight is 437 g/mol. The first-order valence-electron chi connectivity index (χ1n) is 10.1. The van der Waals surface area contributed by atoms with Crippen LogP contribution in [0.25, 0.3) is 10.9 Å². The number of carbonyl (C=O) groups excluding carboxylic acids is 2. The van der Waals surface area contributed by atoms with Crippen molar-refractivity contribution >= 4 is 34.1 Å². The first kappa shape index (κ1) is 21.3. The van der Waals surface area contributed by atoms with E-state index < -0.39 is 10.8 Å². The molecule has 10 heteroatoms. The maximum atomic E-state index is 13.0. The van der Waals surface area contributed by atoms with E-state index in [0.29, 0.717) is 41.0 Å². The smallest absolute Gasteiger partial charge is 0.270 e. The summed E-state index contributed by atoms with van der Waals surface area (Å²) in [5.41, 5.74) is 1.54. The maximum absolute atomic E-state index is 13.0. The molecule has 32 heavy (non-hydrogen) atoms. The topological polar surface area (TPSA) is 121 Å². The number of rotatable bonds is 5. The number of nitrogens with zero attached hydrogens (tertiary/aromatic N) is 3. The molecular weight excluding hydrogens is 414 g/mol. The zero-order valence-electron chi connectivity index (χ0n) is 17.8. The number of non-ortho nitro benzene ring substituents is 1. The van der Waals surface area contributed by atoms with Gasteiger partial charge in [-0.3, -0.25) is 19.7 Å². The number of nitro groups is 1. The van der Waals surface area contributed by atoms with E-state index in [1.807, 2.05) is 7.05 Å². The van der Waals surface area contributed by atoms with Gasteiger partial charge in [0.05, 0.1) is 23.3 Å². The summed E-state index contributed by atoms with van der Waals surface area (Å²) in [4.78, 5) is 43.4. The number of likely N-dealkylation sites (N-methyl/N-ethyl adjacent to an activating group) is 1. The third kappa shape index (κ3) is 4.12. The number of ether oxygens (including phenoxy) is 1. The number of anilines is 1. The molecule has 0 radical (unpaired) electrons. The van der Waals surface area contributed by atoms with E-state index in [1.54, 1.807) is 29.2 Å². The highest BCUT2D eigenvalue weighted by atomic mass is 16.6. The minimum atomic E-state index is -0.509. The lowest BCUT2D eigenvalue weighted by atomic mass is 10.1. The van der Waals surface area contributed by atoms with Crippen LogP contribution in [-0.2, 0) is 0 Å². The summed E-state index contributed by atoms with van der Waals surface area (Å²) in [6.45, 7) is 2.88. The number of methoxy groups -OCH3 is 1. The molecule has 3 aromatic rings. The van der Waals surface area contributed by atoms with Gasteiger partial charge >= 0.3 is 0 Å². The van der Waals surface area contributed by atoms with Crippen LogP contribution in [-0.4, -0.2) is 71.9 Å². The van der Waals surface area contributed by atoms with Gasteiger partial charge in [0.25, 0.3) is 17.5 Å². The van der Waals surface area contributed by atoms with Crippen LogP contribution in [0, 0.1) is 10.1 Å². The van der Waals surface area contributed by atoms with Gasteiger partial charge in [-0.2, -0.15) is 0 Å². The minimum absolute atomic E-state index is 0.108. The van der Waals surface area contributed by atoms with Gasteiger partial charge in [-0.25, -0.2) is 0 Å². The van der Waals surface area contributed by atoms with E-state index in [4.69, 9.17) is 4.74 Å². The molecule has 0 bridgehead atoms. The second-order valence-corrected chi connectivity index (χ2v) is 7.65. The van der Waals surface area contributed by atoms with Crippen molar-refractivity contribution in [1.29, 1.82) is 0 Å². The first-order valence-corrected chi connectivity index (χ1v) is 10.1. The Morgan fingerprint density at radius 3 is 2.56 bits per heavy atom. The number of carbonyl (C=O) groups is 2. The predicted molar refractivity (Wildman–Crippen MR) is 119 cm³/mol. The highest BCUT2D eigenvalue weighted by Gasteiger charge is 2.22. The Hall–Kier alpha value is -3.92. The number of amides is 2. The van der Waals surface area contributed by atoms with Crippen LogP contribution in [0.4, 0.5) is 11.4 Å². The summed E-state index contributed by atoms with van der Waals surface area (Å²) in [6.07, 6.45) is 1.50. The molecule has 166 valence electrons. The number of aromatic amines is 1. The van der Waals surface area contributed by atoms with Crippen molar-refractivity contribution in [1.82, 2.24) is 14.8 Å². The maximum Gasteiger partial charge on any atom is 0.270 e. The van der Waals surface area contributed by atoms with Crippen LogP contribution in [0.2, 0.25) is 0 Å². The quantitative estimate of drug-likeness (QED) is 0.468. The predicted octanol–water partition coefficient (Wildman–Crippen LogP) is 2.72. The van der Waals surface area contributed by atoms with Crippen LogP contribution in [0.15, 0.2) is 42.6 Å². The van der Waals surface area contributed by atoms with Crippen LogP contribution >= 0.6 is 0 Å². The second-order valence-electron chi connectivity index (χ2n) is 7.65. The van der Waals surface area contributed by atoms with Crippen molar-refractivity contribution in [3.05, 3.63) is 63.8 Å². The Balaban J connectivity index is 1.61. The Morgan fingerprint density at radius 2 is 1.88 bits per heavy atom. The molecule has 1 aliphatic rings. The molecule has 1 saturated heterocycles. The normalized spacial score (nSPS) is 14.4. The highest BCUT2D eigenvalue weighted by Crippen LogP contribution is 2.29. The molecule has 10 nitrogen and oxygen atoms in total. The van der Waals surface area contributed by atoms with Gasteiger partial charge < -0.3 is 24.8 Å². The van der Waals surface area contributed by atoms with Gasteiger partial charge in [-0.05, 0) is 31.3 Å². The number of nitro benzene ring substituents is 1. The number of hydrogen-bond donors (Lipinski definition) is 2. The molecule has 0 spiro atoms. The van der Waals surface area contributed by atoms with Gasteiger partial charge in [-0.15, -0.1) is 0 Å². The lowest BCUT2D eigenvalue weighted by Gasteiger charge is -2.32. The molecule has 1 aliphatic heterocycles. The van der Waals surface area contributed by atoms with Crippen molar-refractivity contribution in [2.75, 3.05) is 45.7 Å². The fourth-order valence-electron chi connectivity index (χ4n) is 3.73. The van der Waals surface area contributed by atoms with E-state index in [-0.39, 0.29) is 17.2 Å². The number of piperazine rings is 1. The molecule has 0 aliphatic carbocycles. The van der Waals surface area contributed by atoms with Gasteiger partial charge in [0.2, 0.25) is 0 Å². The van der Waals surface area contributed by atoms with Crippen LogP contribution in [0.5, 0.6) is 5.75 Å². The largest absolute Gasteiger partial charge is 0.495 e. The van der Waals surface area contributed by atoms with E-state index in [9.17, 15) is 19.7 Å². The Kier molecular flexibility index (Phi) is 5.78. The molecule has 4 rings (SSSR count). The summed E-state index contributed by atoms with van der Waals surface area (Å²) in [6, 6.07) is 9.18. The van der Waals surface area contributed by atoms with E-state index in [2.05, 4.69) is 15.2 Å². The summed E-state index contributed by atoms with van der Waals surface area (Å²) in [5.74, 6) is -0.183. The van der Waals surface area contributed by atoms with Gasteiger partial charge in [-0.1, -0.05) is 0 Å². The average Bonchev–Trinajstić information content (AvgIpc) is 3.22. The van der Waals surface area contributed by atoms with Crippen LogP contribution < -0.4 is 10.1 Å². The van der Waals surface area contributed by atoms with Crippen molar-refractivity contribution in [3.8, 4) is 5.75 Å². The van der Waals surface area contributed by atoms with Crippen molar-refractivity contribution < 1.29 is 19.2 Å². The van der Waals surface area contributed by atoms with Crippen molar-refractivity contribution in [3.63, 3.8) is 0 Å². The summed E-state index contributed by atoms with van der Waals surface area (Å²) < 4.78 is 5.35. The SMILES string of the molecule is COc1ccc(C(=O)N2CCN(C)CC2)cc1NC(=O)c1c[nH]c2ccc([N+](=O)[O-])cc12. The standard InChI is InChI=1S/C22H23N5O5/c1-25-7-9-26(10-8-25)22(29)14-3-6-20(32-2)19(11-14)24-21(28)17-13-23-18-5-4-15(27(30)31)12-16(17)18/h3-6,11-13,23H,7-10H2,1-2H3,(H,24,28). The third-order valence-electron chi connectivity index (χ3n) is 5.61. The lowest BCUT2D eigenvalue weighted by molar-refractivity contribution is -0.384. The number of nitrogens with one attached hydrogen (secondary N) is 2. The monoisotopic (exact) mass is 437 g/mol. The van der Waals surface area contributed by atoms with Gasteiger partial charge in [0.15, 0.2) is 0 Å². The number of benzene rings is 2. The highest BCUT2D eigenvalue weighted by molar-refractivity contribution is 6.13. The molecule has 2 aromatic carbocycles. The zero-order valence-corrected chi connectivity index (χ0v) is 17.8. The molecular formula is C22H23N5O5. The zero-order chi connectivity index (χ0) is 22.8. The lowest BCUT2D eigenvalue weighted by Crippen LogP contribution is -2.47. The Morgan fingerprint density at radius 1 is 1.12 bits per heavy atom. The van der Waals surface area contributed by atoms with Crippen LogP contribution in [0.1, 0.15) is 20.7 Å². The number of aromatic nitrogens is 1. The molecule has 0 unspecified atom stereocenters. The van der Waals surface area contributed by atoms with E-state index in [1.165, 1.54) is 25.4 Å². The first-order chi connectivity index (χ1) is 15.4. The number of hydrogen-bond acceptors (Lipinski definition) is 6. The molecule has 0 saturated carbocycles. The van der Waals surface area contributed by atoms with Crippen molar-refractivity contribution in [2.45, 2.75) is 0 Å². The Labute approximate surface area is 183 Å². The fraction of sp³-hybridized carbons (Fsp3) is 0.273. The Bertz CT molecular complexity index is 1200. The van der Waals surface area contributed by atoms with Gasteiger partial charge in [0.1, 0.15) is 5.75 Å². The van der Waals surface area contributed by atoms with E-state index in [0.717, 1.165) is 13.1 Å². The van der Waals surface area contributed by atoms with Crippen molar-refractivity contribution in [2.24, 2.45) is 0 Å². The number of fused-ring (bicyclic) bond motifs is 1. The fourth-order valence-corrected chi connectivity index (χ4v) is 3.73. The molecule has 1 aromatic heterocycles. The summed E-state index contributed by atoms with van der Waals surface area (Å²) >= 11 is 0. The molecule has 0 atom stereocenters. The summed E-state index contributed by atoms with van der Waals surface area (Å²) in [5, 5.41) is 14.3. The molecule has 2 amide bonds. The second kappa shape index (κ2) is 8.67. The third-order valence-corrected chi connectivity index (χ3v) is 5.61. The minimum Gasteiger partial charge on any atom is -0.495 e. The summed E-state index contributed by atoms with van der Waals surface area (Å²) in [7, 11) is 3.49. The van der Waals surface area contributed by atoms with E-state index >= 15 is 0 Å². The van der Waals surface area contributed by atoms with Crippen LogP contribution in [0.3, 0.4) is 0 Å². The number of H-pyrrole nitrogens is 1.